The third-order valence-corrected chi connectivity index (χ3v) is 5.35. The van der Waals surface area contributed by atoms with Gasteiger partial charge in [0.25, 0.3) is 17.4 Å². The Morgan fingerprint density at radius 1 is 1.03 bits per heavy atom. The second-order valence-electron chi connectivity index (χ2n) is 7.24. The Kier molecular flexibility index (Phi) is 5.53. The van der Waals surface area contributed by atoms with Crippen molar-refractivity contribution in [2.45, 2.75) is 6.04 Å². The van der Waals surface area contributed by atoms with Crippen molar-refractivity contribution in [3.63, 3.8) is 0 Å². The first-order chi connectivity index (χ1) is 15.8. The van der Waals surface area contributed by atoms with Gasteiger partial charge in [-0.25, -0.2) is 0 Å². The fourth-order valence-electron chi connectivity index (χ4n) is 3.76. The maximum atomic E-state index is 13.1. The highest BCUT2D eigenvalue weighted by atomic mass is 16.6. The summed E-state index contributed by atoms with van der Waals surface area (Å²) in [5, 5.41) is 32.0. The number of hydrogen-bond donors (Lipinski definition) is 2. The Balaban J connectivity index is 1.94. The number of carbonyl (C=O) groups excluding carboxylic acids is 2. The molecule has 3 aromatic rings. The van der Waals surface area contributed by atoms with Gasteiger partial charge in [-0.05, 0) is 42.0 Å². The van der Waals surface area contributed by atoms with Crippen LogP contribution in [0.4, 0.5) is 11.4 Å². The van der Waals surface area contributed by atoms with Gasteiger partial charge in [0.1, 0.15) is 5.76 Å². The molecule has 0 aromatic heterocycles. The van der Waals surface area contributed by atoms with Gasteiger partial charge in [0, 0.05) is 23.4 Å². The highest BCUT2D eigenvalue weighted by Crippen LogP contribution is 2.43. The molecule has 2 N–H and O–H groups in total. The summed E-state index contributed by atoms with van der Waals surface area (Å²) >= 11 is 0. The number of aromatic hydroxyl groups is 1. The molecule has 166 valence electrons. The summed E-state index contributed by atoms with van der Waals surface area (Å²) < 4.78 is 5.18. The molecular weight excluding hydrogens is 428 g/mol. The number of non-ortho nitro benzene ring substituents is 1. The molecule has 1 atom stereocenters. The van der Waals surface area contributed by atoms with Crippen LogP contribution in [0.5, 0.6) is 11.5 Å². The molecule has 0 saturated carbocycles. The van der Waals surface area contributed by atoms with Crippen LogP contribution in [0.1, 0.15) is 17.2 Å². The fraction of sp³-hybridized carbons (Fsp3) is 0.0833. The van der Waals surface area contributed by atoms with Crippen LogP contribution in [-0.2, 0) is 9.59 Å². The van der Waals surface area contributed by atoms with Crippen LogP contribution in [0.2, 0.25) is 0 Å². The second kappa shape index (κ2) is 8.46. The number of carbonyl (C=O) groups is 2. The first-order valence-corrected chi connectivity index (χ1v) is 9.81. The van der Waals surface area contributed by atoms with Gasteiger partial charge in [-0.15, -0.1) is 0 Å². The van der Waals surface area contributed by atoms with Gasteiger partial charge in [-0.1, -0.05) is 24.3 Å². The van der Waals surface area contributed by atoms with Crippen molar-refractivity contribution in [2.24, 2.45) is 0 Å². The number of aliphatic hydroxyl groups excluding tert-OH is 1. The Morgan fingerprint density at radius 3 is 2.30 bits per heavy atom. The average molecular weight is 446 g/mol. The van der Waals surface area contributed by atoms with E-state index in [9.17, 15) is 29.9 Å². The van der Waals surface area contributed by atoms with Gasteiger partial charge >= 0.3 is 0 Å². The van der Waals surface area contributed by atoms with Gasteiger partial charge in [-0.3, -0.25) is 24.6 Å². The number of benzene rings is 3. The zero-order valence-corrected chi connectivity index (χ0v) is 17.3. The number of para-hydroxylation sites is 1. The number of anilines is 1. The third-order valence-electron chi connectivity index (χ3n) is 5.35. The van der Waals surface area contributed by atoms with Crippen molar-refractivity contribution in [1.82, 2.24) is 0 Å². The maximum absolute atomic E-state index is 13.1. The Morgan fingerprint density at radius 2 is 1.70 bits per heavy atom. The summed E-state index contributed by atoms with van der Waals surface area (Å²) in [4.78, 5) is 37.8. The van der Waals surface area contributed by atoms with Crippen LogP contribution in [0.25, 0.3) is 5.76 Å². The SMILES string of the molecule is COc1cc(C2C(=C(O)c3ccc([N+](=O)[O-])cc3)C(=O)C(=O)N2c2ccccc2)ccc1O. The molecule has 0 aliphatic carbocycles. The second-order valence-corrected chi connectivity index (χ2v) is 7.24. The Hall–Kier alpha value is -4.66. The first kappa shape index (κ1) is 21.6. The molecule has 1 aliphatic rings. The van der Waals surface area contributed by atoms with Crippen LogP contribution in [0.3, 0.4) is 0 Å². The minimum atomic E-state index is -1.03. The molecule has 3 aromatic carbocycles. The smallest absolute Gasteiger partial charge is 0.300 e. The summed E-state index contributed by atoms with van der Waals surface area (Å²) in [6, 6.07) is 16.8. The topological polar surface area (TPSA) is 130 Å². The first-order valence-electron chi connectivity index (χ1n) is 9.81. The molecule has 0 radical (unpaired) electrons. The largest absolute Gasteiger partial charge is 0.507 e. The maximum Gasteiger partial charge on any atom is 0.300 e. The van der Waals surface area contributed by atoms with Gasteiger partial charge in [0.2, 0.25) is 0 Å². The minimum absolute atomic E-state index is 0.126. The number of ether oxygens (including phenoxy) is 1. The standard InChI is InChI=1S/C24H18N2O7/c1-33-19-13-15(9-12-18(19)27)21-20(22(28)14-7-10-17(11-8-14)26(31)32)23(29)24(30)25(21)16-5-3-2-4-6-16/h2-13,21,27-28H,1H3. The molecule has 1 heterocycles. The number of nitro benzene ring substituents is 1. The van der Waals surface area contributed by atoms with Crippen LogP contribution >= 0.6 is 0 Å². The number of amides is 1. The lowest BCUT2D eigenvalue weighted by Crippen LogP contribution is -2.29. The van der Waals surface area contributed by atoms with E-state index in [0.717, 1.165) is 0 Å². The average Bonchev–Trinajstić information content (AvgIpc) is 3.10. The molecule has 1 aliphatic heterocycles. The van der Waals surface area contributed by atoms with E-state index < -0.39 is 28.4 Å². The highest BCUT2D eigenvalue weighted by Gasteiger charge is 2.47. The zero-order chi connectivity index (χ0) is 23.7. The van der Waals surface area contributed by atoms with Gasteiger partial charge in [0.15, 0.2) is 11.5 Å². The molecule has 1 fully saturated rings. The number of nitrogens with zero attached hydrogens (tertiary/aromatic N) is 2. The van der Waals surface area contributed by atoms with E-state index in [0.29, 0.717) is 11.3 Å². The van der Waals surface area contributed by atoms with Crippen molar-refractivity contribution in [3.05, 3.63) is 99.6 Å². The summed E-state index contributed by atoms with van der Waals surface area (Å²) in [6.07, 6.45) is 0. The fourth-order valence-corrected chi connectivity index (χ4v) is 3.76. The van der Waals surface area contributed by atoms with Gasteiger partial charge in [-0.2, -0.15) is 0 Å². The van der Waals surface area contributed by atoms with E-state index in [1.54, 1.807) is 30.3 Å². The van der Waals surface area contributed by atoms with Crippen molar-refractivity contribution < 1.29 is 29.5 Å². The normalized spacial score (nSPS) is 17.2. The predicted octanol–water partition coefficient (Wildman–Crippen LogP) is 3.94. The predicted molar refractivity (Wildman–Crippen MR) is 119 cm³/mol. The van der Waals surface area contributed by atoms with Gasteiger partial charge in [0.05, 0.1) is 23.6 Å². The third kappa shape index (κ3) is 3.76. The van der Waals surface area contributed by atoms with E-state index in [1.165, 1.54) is 54.5 Å². The molecular formula is C24H18N2O7. The van der Waals surface area contributed by atoms with Gasteiger partial charge < -0.3 is 14.9 Å². The van der Waals surface area contributed by atoms with Crippen LogP contribution in [0.15, 0.2) is 78.4 Å². The molecule has 0 spiro atoms. The van der Waals surface area contributed by atoms with E-state index in [-0.39, 0.29) is 28.3 Å². The van der Waals surface area contributed by atoms with Crippen LogP contribution in [0, 0.1) is 10.1 Å². The number of methoxy groups -OCH3 is 1. The molecule has 0 bridgehead atoms. The Labute approximate surface area is 187 Å². The number of ketones is 1. The minimum Gasteiger partial charge on any atom is -0.507 e. The number of nitro groups is 1. The number of hydrogen-bond acceptors (Lipinski definition) is 7. The summed E-state index contributed by atoms with van der Waals surface area (Å²) in [5.74, 6) is -2.23. The quantitative estimate of drug-likeness (QED) is 0.200. The highest BCUT2D eigenvalue weighted by molar-refractivity contribution is 6.51. The molecule has 9 heteroatoms. The van der Waals surface area contributed by atoms with Crippen molar-refractivity contribution in [3.8, 4) is 11.5 Å². The number of Topliss-reactive ketones (excluding diaryl/α,β-unsaturated/α-hetero) is 1. The lowest BCUT2D eigenvalue weighted by molar-refractivity contribution is -0.384. The number of phenols is 1. The zero-order valence-electron chi connectivity index (χ0n) is 17.3. The molecule has 1 saturated heterocycles. The Bertz CT molecular complexity index is 1280. The summed E-state index contributed by atoms with van der Waals surface area (Å²) in [5.41, 5.74) is 0.611. The molecule has 33 heavy (non-hydrogen) atoms. The number of rotatable bonds is 5. The monoisotopic (exact) mass is 446 g/mol. The molecule has 9 nitrogen and oxygen atoms in total. The van der Waals surface area contributed by atoms with E-state index in [2.05, 4.69) is 0 Å². The number of aliphatic hydroxyl groups is 1. The molecule has 4 rings (SSSR count). The lowest BCUT2D eigenvalue weighted by atomic mass is 9.94. The van der Waals surface area contributed by atoms with E-state index >= 15 is 0 Å². The van der Waals surface area contributed by atoms with Crippen molar-refractivity contribution in [1.29, 1.82) is 0 Å². The van der Waals surface area contributed by atoms with Crippen molar-refractivity contribution in [2.75, 3.05) is 12.0 Å². The van der Waals surface area contributed by atoms with E-state index in [4.69, 9.17) is 4.74 Å². The van der Waals surface area contributed by atoms with Crippen LogP contribution < -0.4 is 9.64 Å². The van der Waals surface area contributed by atoms with Crippen molar-refractivity contribution >= 4 is 28.8 Å². The summed E-state index contributed by atoms with van der Waals surface area (Å²) in [6.45, 7) is 0. The lowest BCUT2D eigenvalue weighted by Gasteiger charge is -2.25. The number of phenolic OH excluding ortho intramolecular Hbond substituents is 1. The van der Waals surface area contributed by atoms with Crippen LogP contribution in [-0.4, -0.2) is 33.9 Å². The molecule has 1 amide bonds. The van der Waals surface area contributed by atoms with E-state index in [1.807, 2.05) is 0 Å². The molecule has 1 unspecified atom stereocenters. The summed E-state index contributed by atoms with van der Waals surface area (Å²) in [7, 11) is 1.36.